The van der Waals surface area contributed by atoms with Crippen LogP contribution >= 0.6 is 0 Å². The summed E-state index contributed by atoms with van der Waals surface area (Å²) in [5.41, 5.74) is 3.16. The Labute approximate surface area is 188 Å². The van der Waals surface area contributed by atoms with E-state index in [9.17, 15) is 18.0 Å². The van der Waals surface area contributed by atoms with Crippen molar-refractivity contribution in [2.45, 2.75) is 38.8 Å². The maximum Gasteiger partial charge on any atom is 0.338 e. The second kappa shape index (κ2) is 9.93. The molecule has 8 heteroatoms. The third kappa shape index (κ3) is 5.33. The first kappa shape index (κ1) is 23.4. The molecule has 0 unspecified atom stereocenters. The molecule has 0 saturated heterocycles. The Morgan fingerprint density at radius 3 is 2.38 bits per heavy atom. The van der Waals surface area contributed by atoms with E-state index in [1.807, 2.05) is 55.7 Å². The summed E-state index contributed by atoms with van der Waals surface area (Å²) in [6.07, 6.45) is 0. The number of aryl methyl sites for hydroxylation is 1. The molecule has 32 heavy (non-hydrogen) atoms. The van der Waals surface area contributed by atoms with Crippen molar-refractivity contribution in [1.29, 1.82) is 0 Å². The Morgan fingerprint density at radius 2 is 1.72 bits per heavy atom. The number of ether oxygens (including phenoxy) is 1. The quantitative estimate of drug-likeness (QED) is 0.393. The van der Waals surface area contributed by atoms with Crippen LogP contribution in [0.5, 0.6) is 0 Å². The summed E-state index contributed by atoms with van der Waals surface area (Å²) in [5.74, 6) is -1.07. The van der Waals surface area contributed by atoms with Crippen molar-refractivity contribution >= 4 is 21.8 Å². The Bertz CT molecular complexity index is 1230. The number of rotatable bonds is 9. The van der Waals surface area contributed by atoms with E-state index in [1.165, 1.54) is 24.3 Å². The van der Waals surface area contributed by atoms with Gasteiger partial charge in [-0.3, -0.25) is 4.79 Å². The minimum atomic E-state index is -3.83. The van der Waals surface area contributed by atoms with Crippen LogP contribution in [0.3, 0.4) is 0 Å². The van der Waals surface area contributed by atoms with Gasteiger partial charge in [0.2, 0.25) is 15.8 Å². The number of ketones is 1. The summed E-state index contributed by atoms with van der Waals surface area (Å²) < 4.78 is 34.9. The number of esters is 1. The van der Waals surface area contributed by atoms with E-state index in [2.05, 4.69) is 4.72 Å². The fourth-order valence-electron chi connectivity index (χ4n) is 3.51. The minimum Gasteiger partial charge on any atom is -0.454 e. The third-order valence-corrected chi connectivity index (χ3v) is 6.61. The molecule has 0 aliphatic heterocycles. The van der Waals surface area contributed by atoms with Gasteiger partial charge in [-0.15, -0.1) is 0 Å². The van der Waals surface area contributed by atoms with Gasteiger partial charge in [-0.25, -0.2) is 17.9 Å². The summed E-state index contributed by atoms with van der Waals surface area (Å²) in [7, 11) is -3.83. The normalized spacial score (nSPS) is 11.3. The van der Waals surface area contributed by atoms with Crippen molar-refractivity contribution in [2.24, 2.45) is 0 Å². The number of hydrogen-bond donors (Lipinski definition) is 1. The lowest BCUT2D eigenvalue weighted by molar-refractivity contribution is 0.0474. The third-order valence-electron chi connectivity index (χ3n) is 5.21. The zero-order valence-corrected chi connectivity index (χ0v) is 19.1. The maximum absolute atomic E-state index is 12.6. The van der Waals surface area contributed by atoms with Crippen molar-refractivity contribution in [1.82, 2.24) is 9.29 Å². The number of carbonyl (C=O) groups is 2. The molecule has 0 aliphatic carbocycles. The molecule has 1 aromatic heterocycles. The zero-order chi connectivity index (χ0) is 23.3. The second-order valence-corrected chi connectivity index (χ2v) is 9.13. The summed E-state index contributed by atoms with van der Waals surface area (Å²) in [6.45, 7) is 6.20. The number of benzene rings is 2. The average molecular weight is 455 g/mol. The number of carbonyl (C=O) groups excluding carboxylic acids is 2. The van der Waals surface area contributed by atoms with Crippen molar-refractivity contribution in [3.8, 4) is 0 Å². The van der Waals surface area contributed by atoms with Crippen LogP contribution in [0.15, 0.2) is 65.6 Å². The molecule has 3 aromatic rings. The minimum absolute atomic E-state index is 0.0549. The van der Waals surface area contributed by atoms with Crippen LogP contribution in [0, 0.1) is 13.8 Å². The molecule has 0 radical (unpaired) electrons. The smallest absolute Gasteiger partial charge is 0.338 e. The molecule has 1 heterocycles. The zero-order valence-electron chi connectivity index (χ0n) is 18.3. The molecular formula is C24H26N2O5S. The first-order valence-electron chi connectivity index (χ1n) is 10.2. The monoisotopic (exact) mass is 454 g/mol. The first-order chi connectivity index (χ1) is 15.2. The molecule has 3 rings (SSSR count). The number of hydrogen-bond acceptors (Lipinski definition) is 5. The van der Waals surface area contributed by atoms with E-state index in [4.69, 9.17) is 4.74 Å². The molecule has 0 atom stereocenters. The fraction of sp³-hybridized carbons (Fsp3) is 0.250. The van der Waals surface area contributed by atoms with Gasteiger partial charge in [-0.1, -0.05) is 36.4 Å². The molecule has 0 saturated carbocycles. The lowest BCUT2D eigenvalue weighted by atomic mass is 10.1. The van der Waals surface area contributed by atoms with Gasteiger partial charge < -0.3 is 9.30 Å². The largest absolute Gasteiger partial charge is 0.454 e. The molecule has 0 amide bonds. The lowest BCUT2D eigenvalue weighted by Gasteiger charge is -2.09. The second-order valence-electron chi connectivity index (χ2n) is 7.37. The van der Waals surface area contributed by atoms with Gasteiger partial charge in [-0.05, 0) is 50.6 Å². The molecule has 1 N–H and O–H groups in total. The van der Waals surface area contributed by atoms with Gasteiger partial charge in [0.25, 0.3) is 0 Å². The topological polar surface area (TPSA) is 94.5 Å². The van der Waals surface area contributed by atoms with E-state index < -0.39 is 22.6 Å². The Hall–Kier alpha value is -3.23. The molecule has 7 nitrogen and oxygen atoms in total. The number of sulfonamides is 1. The Kier molecular flexibility index (Phi) is 7.27. The van der Waals surface area contributed by atoms with Crippen LogP contribution in [-0.4, -0.2) is 31.3 Å². The standard InChI is InChI=1S/C24H26N2O5S/c1-4-26-17(2)13-22(18(26)3)23(27)16-31-24(28)20-11-8-12-21(14-20)32(29,30)25-15-19-9-6-5-7-10-19/h5-14,25H,4,15-16H2,1-3H3. The number of nitrogens with one attached hydrogen (secondary N) is 1. The Balaban J connectivity index is 1.66. The van der Waals surface area contributed by atoms with Gasteiger partial charge >= 0.3 is 5.97 Å². The van der Waals surface area contributed by atoms with Gasteiger partial charge in [0, 0.05) is 30.0 Å². The molecule has 0 fully saturated rings. The van der Waals surface area contributed by atoms with Gasteiger partial charge in [0.1, 0.15) is 0 Å². The number of nitrogens with zero attached hydrogens (tertiary/aromatic N) is 1. The maximum atomic E-state index is 12.6. The molecular weight excluding hydrogens is 428 g/mol. The van der Waals surface area contributed by atoms with Crippen LogP contribution in [0.1, 0.15) is 44.6 Å². The van der Waals surface area contributed by atoms with E-state index in [0.717, 1.165) is 23.5 Å². The van der Waals surface area contributed by atoms with Gasteiger partial charge in [0.15, 0.2) is 6.61 Å². The highest BCUT2D eigenvalue weighted by atomic mass is 32.2. The summed E-state index contributed by atoms with van der Waals surface area (Å²) >= 11 is 0. The lowest BCUT2D eigenvalue weighted by Crippen LogP contribution is -2.23. The number of Topliss-reactive ketones (excluding diaryl/α,β-unsaturated/α-hetero) is 1. The van der Waals surface area contributed by atoms with Crippen molar-refractivity contribution in [3.63, 3.8) is 0 Å². The average Bonchev–Trinajstić information content (AvgIpc) is 3.09. The summed E-state index contributed by atoms with van der Waals surface area (Å²) in [5, 5.41) is 0. The van der Waals surface area contributed by atoms with Crippen molar-refractivity contribution in [3.05, 3.63) is 88.7 Å². The number of aromatic nitrogens is 1. The molecule has 168 valence electrons. The predicted octanol–water partition coefficient (Wildman–Crippen LogP) is 3.64. The van der Waals surface area contributed by atoms with Crippen LogP contribution in [0.2, 0.25) is 0 Å². The van der Waals surface area contributed by atoms with Crippen LogP contribution in [0.4, 0.5) is 0 Å². The predicted molar refractivity (Wildman–Crippen MR) is 121 cm³/mol. The van der Waals surface area contributed by atoms with Crippen molar-refractivity contribution < 1.29 is 22.7 Å². The highest BCUT2D eigenvalue weighted by Crippen LogP contribution is 2.17. The van der Waals surface area contributed by atoms with Crippen LogP contribution in [-0.2, 0) is 27.8 Å². The van der Waals surface area contributed by atoms with Crippen LogP contribution in [0.25, 0.3) is 0 Å². The fourth-order valence-corrected chi connectivity index (χ4v) is 4.57. The van der Waals surface area contributed by atoms with Gasteiger partial charge in [0.05, 0.1) is 10.5 Å². The SMILES string of the molecule is CCn1c(C)cc(C(=O)COC(=O)c2cccc(S(=O)(=O)NCc3ccccc3)c2)c1C. The molecule has 0 bridgehead atoms. The highest BCUT2D eigenvalue weighted by molar-refractivity contribution is 7.89. The first-order valence-corrected chi connectivity index (χ1v) is 11.7. The van der Waals surface area contributed by atoms with E-state index in [-0.39, 0.29) is 22.8 Å². The van der Waals surface area contributed by atoms with Crippen molar-refractivity contribution in [2.75, 3.05) is 6.61 Å². The van der Waals surface area contributed by atoms with E-state index in [1.54, 1.807) is 6.07 Å². The van der Waals surface area contributed by atoms with E-state index in [0.29, 0.717) is 5.56 Å². The summed E-state index contributed by atoms with van der Waals surface area (Å²) in [4.78, 5) is 24.9. The Morgan fingerprint density at radius 1 is 1.00 bits per heavy atom. The molecule has 2 aromatic carbocycles. The van der Waals surface area contributed by atoms with Gasteiger partial charge in [-0.2, -0.15) is 0 Å². The van der Waals surface area contributed by atoms with Crippen LogP contribution < -0.4 is 4.72 Å². The summed E-state index contributed by atoms with van der Waals surface area (Å²) in [6, 6.07) is 16.4. The molecule has 0 spiro atoms. The highest BCUT2D eigenvalue weighted by Gasteiger charge is 2.19. The molecule has 0 aliphatic rings. The van der Waals surface area contributed by atoms with E-state index >= 15 is 0 Å².